The van der Waals surface area contributed by atoms with Gasteiger partial charge in [-0.2, -0.15) is 13.2 Å². The fourth-order valence-electron chi connectivity index (χ4n) is 1.05. The molecule has 0 aliphatic rings. The van der Waals surface area contributed by atoms with Crippen LogP contribution in [0.2, 0.25) is 0 Å². The molecular formula is C8H8F4N+. The maximum Gasteiger partial charge on any atom is 0.416 e. The van der Waals surface area contributed by atoms with Crippen molar-refractivity contribution in [1.29, 1.82) is 0 Å². The van der Waals surface area contributed by atoms with Crippen LogP contribution in [0.15, 0.2) is 18.2 Å². The molecule has 0 atom stereocenters. The molecule has 13 heavy (non-hydrogen) atoms. The molecule has 1 nitrogen and oxygen atoms in total. The number of alkyl halides is 3. The molecule has 0 saturated heterocycles. The van der Waals surface area contributed by atoms with E-state index in [9.17, 15) is 17.6 Å². The third kappa shape index (κ3) is 2.18. The van der Waals surface area contributed by atoms with Crippen LogP contribution in [0.1, 0.15) is 11.1 Å². The van der Waals surface area contributed by atoms with Gasteiger partial charge in [0.15, 0.2) is 0 Å². The summed E-state index contributed by atoms with van der Waals surface area (Å²) in [5.74, 6) is -0.674. The van der Waals surface area contributed by atoms with Gasteiger partial charge in [-0.15, -0.1) is 0 Å². The molecule has 1 rings (SSSR count). The highest BCUT2D eigenvalue weighted by atomic mass is 19.4. The van der Waals surface area contributed by atoms with Crippen LogP contribution in [-0.4, -0.2) is 0 Å². The van der Waals surface area contributed by atoms with Gasteiger partial charge in [-0.3, -0.25) is 0 Å². The second-order valence-electron chi connectivity index (χ2n) is 2.55. The largest absolute Gasteiger partial charge is 0.416 e. The van der Waals surface area contributed by atoms with Crippen molar-refractivity contribution >= 4 is 0 Å². The molecule has 72 valence electrons. The Morgan fingerprint density at radius 1 is 1.23 bits per heavy atom. The van der Waals surface area contributed by atoms with E-state index in [0.29, 0.717) is 0 Å². The van der Waals surface area contributed by atoms with Gasteiger partial charge < -0.3 is 5.73 Å². The van der Waals surface area contributed by atoms with Crippen LogP contribution >= 0.6 is 0 Å². The lowest BCUT2D eigenvalue weighted by molar-refractivity contribution is -0.387. The Kier molecular flexibility index (Phi) is 2.56. The smallest absolute Gasteiger partial charge is 0.354 e. The van der Waals surface area contributed by atoms with Crippen molar-refractivity contribution in [2.45, 2.75) is 12.7 Å². The molecule has 0 unspecified atom stereocenters. The van der Waals surface area contributed by atoms with E-state index in [1.54, 1.807) is 0 Å². The van der Waals surface area contributed by atoms with Gasteiger partial charge in [-0.1, -0.05) is 0 Å². The van der Waals surface area contributed by atoms with Crippen LogP contribution in [0.25, 0.3) is 0 Å². The second kappa shape index (κ2) is 3.33. The first-order chi connectivity index (χ1) is 5.95. The molecule has 0 aliphatic heterocycles. The second-order valence-corrected chi connectivity index (χ2v) is 2.55. The fraction of sp³-hybridized carbons (Fsp3) is 0.250. The van der Waals surface area contributed by atoms with Crippen molar-refractivity contribution in [3.05, 3.63) is 35.1 Å². The van der Waals surface area contributed by atoms with E-state index < -0.39 is 17.6 Å². The first-order valence-corrected chi connectivity index (χ1v) is 3.60. The van der Waals surface area contributed by atoms with Gasteiger partial charge in [0, 0.05) is 5.56 Å². The zero-order chi connectivity index (χ0) is 10.1. The number of hydrogen-bond donors (Lipinski definition) is 1. The Morgan fingerprint density at radius 2 is 1.85 bits per heavy atom. The summed E-state index contributed by atoms with van der Waals surface area (Å²) in [6.45, 7) is -0.0768. The summed E-state index contributed by atoms with van der Waals surface area (Å²) in [6, 6.07) is 2.38. The highest BCUT2D eigenvalue weighted by Crippen LogP contribution is 2.31. The molecular weight excluding hydrogens is 186 g/mol. The maximum absolute atomic E-state index is 12.5. The Bertz CT molecular complexity index is 306. The number of halogens is 4. The third-order valence-electron chi connectivity index (χ3n) is 1.64. The standard InChI is InChI=1S/C8H7F4N/c9-6-1-2-7(8(10,11)12)5(3-6)4-13/h1-3H,4,13H2/p+1. The summed E-state index contributed by atoms with van der Waals surface area (Å²) in [6.07, 6.45) is -4.43. The van der Waals surface area contributed by atoms with Crippen LogP contribution in [0.3, 0.4) is 0 Å². The van der Waals surface area contributed by atoms with Gasteiger partial charge in [-0.25, -0.2) is 4.39 Å². The minimum absolute atomic E-state index is 0.0768. The predicted molar refractivity (Wildman–Crippen MR) is 38.0 cm³/mol. The van der Waals surface area contributed by atoms with Crippen LogP contribution in [-0.2, 0) is 12.7 Å². The third-order valence-corrected chi connectivity index (χ3v) is 1.64. The fourth-order valence-corrected chi connectivity index (χ4v) is 1.05. The Labute approximate surface area is 72.2 Å². The number of rotatable bonds is 1. The SMILES string of the molecule is [NH3+]Cc1cc(F)ccc1C(F)(F)F. The molecule has 3 N–H and O–H groups in total. The molecule has 0 aromatic heterocycles. The average molecular weight is 194 g/mol. The molecule has 0 amide bonds. The van der Waals surface area contributed by atoms with Gasteiger partial charge in [0.05, 0.1) is 5.56 Å². The molecule has 0 aliphatic carbocycles. The summed E-state index contributed by atoms with van der Waals surface area (Å²) in [5, 5.41) is 0. The van der Waals surface area contributed by atoms with Gasteiger partial charge >= 0.3 is 6.18 Å². The predicted octanol–water partition coefficient (Wildman–Crippen LogP) is 1.59. The summed E-state index contributed by atoms with van der Waals surface area (Å²) in [7, 11) is 0. The lowest BCUT2D eigenvalue weighted by Gasteiger charge is -2.09. The van der Waals surface area contributed by atoms with Crippen LogP contribution in [0.5, 0.6) is 0 Å². The molecule has 0 saturated carbocycles. The molecule has 0 bridgehead atoms. The minimum atomic E-state index is -4.43. The number of benzene rings is 1. The zero-order valence-corrected chi connectivity index (χ0v) is 6.66. The lowest BCUT2D eigenvalue weighted by atomic mass is 10.1. The summed E-state index contributed by atoms with van der Waals surface area (Å²) in [5.41, 5.74) is 2.37. The number of quaternary nitrogens is 1. The Balaban J connectivity index is 3.22. The maximum atomic E-state index is 12.5. The van der Waals surface area contributed by atoms with Crippen molar-refractivity contribution < 1.29 is 23.3 Å². The highest BCUT2D eigenvalue weighted by molar-refractivity contribution is 5.29. The van der Waals surface area contributed by atoms with Gasteiger partial charge in [0.1, 0.15) is 12.4 Å². The van der Waals surface area contributed by atoms with E-state index in [4.69, 9.17) is 0 Å². The molecule has 0 heterocycles. The van der Waals surface area contributed by atoms with E-state index >= 15 is 0 Å². The lowest BCUT2D eigenvalue weighted by Crippen LogP contribution is -2.48. The van der Waals surface area contributed by atoms with E-state index in [1.165, 1.54) is 0 Å². The van der Waals surface area contributed by atoms with Crippen LogP contribution < -0.4 is 5.73 Å². The zero-order valence-electron chi connectivity index (χ0n) is 6.66. The van der Waals surface area contributed by atoms with Crippen molar-refractivity contribution in [3.63, 3.8) is 0 Å². The van der Waals surface area contributed by atoms with Crippen molar-refractivity contribution in [3.8, 4) is 0 Å². The molecule has 1 aromatic rings. The first kappa shape index (κ1) is 9.98. The molecule has 5 heteroatoms. The normalized spacial score (nSPS) is 11.8. The molecule has 0 fully saturated rings. The first-order valence-electron chi connectivity index (χ1n) is 3.60. The van der Waals surface area contributed by atoms with Crippen LogP contribution in [0, 0.1) is 5.82 Å². The molecule has 0 spiro atoms. The summed E-state index contributed by atoms with van der Waals surface area (Å²) < 4.78 is 49.2. The van der Waals surface area contributed by atoms with Crippen molar-refractivity contribution in [2.75, 3.05) is 0 Å². The van der Waals surface area contributed by atoms with E-state index in [1.807, 2.05) is 0 Å². The monoisotopic (exact) mass is 194 g/mol. The summed E-state index contributed by atoms with van der Waals surface area (Å²) in [4.78, 5) is 0. The summed E-state index contributed by atoms with van der Waals surface area (Å²) >= 11 is 0. The highest BCUT2D eigenvalue weighted by Gasteiger charge is 2.33. The molecule has 0 radical (unpaired) electrons. The van der Waals surface area contributed by atoms with Crippen molar-refractivity contribution in [2.24, 2.45) is 0 Å². The van der Waals surface area contributed by atoms with Crippen molar-refractivity contribution in [1.82, 2.24) is 0 Å². The average Bonchev–Trinajstić information content (AvgIpc) is 2.01. The van der Waals surface area contributed by atoms with Gasteiger partial charge in [0.25, 0.3) is 0 Å². The minimum Gasteiger partial charge on any atom is -0.354 e. The van der Waals surface area contributed by atoms with E-state index in [2.05, 4.69) is 5.73 Å². The van der Waals surface area contributed by atoms with Gasteiger partial charge in [-0.05, 0) is 18.2 Å². The van der Waals surface area contributed by atoms with E-state index in [-0.39, 0.29) is 12.1 Å². The number of hydrogen-bond acceptors (Lipinski definition) is 0. The quantitative estimate of drug-likeness (QED) is 0.657. The Hall–Kier alpha value is -1.10. The topological polar surface area (TPSA) is 27.6 Å². The van der Waals surface area contributed by atoms with E-state index in [0.717, 1.165) is 18.2 Å². The van der Waals surface area contributed by atoms with Gasteiger partial charge in [0.2, 0.25) is 0 Å². The Morgan fingerprint density at radius 3 is 2.31 bits per heavy atom. The molecule has 1 aromatic carbocycles. The van der Waals surface area contributed by atoms with Crippen LogP contribution in [0.4, 0.5) is 17.6 Å².